The van der Waals surface area contributed by atoms with Crippen LogP contribution < -0.4 is 15.0 Å². The van der Waals surface area contributed by atoms with Crippen molar-refractivity contribution in [3.8, 4) is 11.4 Å². The molecule has 10 heteroatoms. The summed E-state index contributed by atoms with van der Waals surface area (Å²) < 4.78 is 7.15. The molecule has 1 aliphatic rings. The molecular formula is C31H32ClN5O3S. The smallest absolute Gasteiger partial charge is 0.240 e. The molecular weight excluding hydrogens is 558 g/mol. The van der Waals surface area contributed by atoms with Crippen LogP contribution in [0.1, 0.15) is 48.5 Å². The Morgan fingerprint density at radius 2 is 1.90 bits per heavy atom. The van der Waals surface area contributed by atoms with Crippen LogP contribution in [0.5, 0.6) is 5.75 Å². The Balaban J connectivity index is 1.65. The van der Waals surface area contributed by atoms with E-state index in [-0.39, 0.29) is 41.3 Å². The first-order valence-electron chi connectivity index (χ1n) is 13.3. The van der Waals surface area contributed by atoms with E-state index in [1.165, 1.54) is 11.8 Å². The Labute approximate surface area is 249 Å². The number of fused-ring (bicyclic) bond motifs is 1. The number of hydrogen-bond donors (Lipinski definition) is 1. The van der Waals surface area contributed by atoms with Crippen LogP contribution >= 0.6 is 23.4 Å². The van der Waals surface area contributed by atoms with E-state index in [9.17, 15) is 9.59 Å². The average Bonchev–Trinajstić information content (AvgIpc) is 3.30. The van der Waals surface area contributed by atoms with Crippen LogP contribution in [-0.2, 0) is 21.5 Å². The third-order valence-corrected chi connectivity index (χ3v) is 8.25. The number of anilines is 1. The van der Waals surface area contributed by atoms with Crippen molar-refractivity contribution in [2.24, 2.45) is 0 Å². The lowest BCUT2D eigenvalue weighted by atomic mass is 9.87. The number of rotatable bonds is 7. The van der Waals surface area contributed by atoms with Gasteiger partial charge in [-0.1, -0.05) is 50.6 Å². The second-order valence-corrected chi connectivity index (χ2v) is 12.3. The predicted octanol–water partition coefficient (Wildman–Crippen LogP) is 5.71. The average molecular weight is 590 g/mol. The number of carbonyl (C=O) groups is 2. The number of thioether (sulfide) groups is 1. The summed E-state index contributed by atoms with van der Waals surface area (Å²) in [6.45, 7) is 6.41. The zero-order valence-electron chi connectivity index (χ0n) is 23.4. The summed E-state index contributed by atoms with van der Waals surface area (Å²) in [5, 5.41) is 8.41. The number of halogens is 1. The van der Waals surface area contributed by atoms with Gasteiger partial charge < -0.3 is 10.1 Å². The van der Waals surface area contributed by atoms with Crippen LogP contribution in [0.3, 0.4) is 0 Å². The van der Waals surface area contributed by atoms with E-state index in [0.29, 0.717) is 16.6 Å². The molecule has 1 N–H and O–H groups in total. The Morgan fingerprint density at radius 3 is 2.56 bits per heavy atom. The van der Waals surface area contributed by atoms with Gasteiger partial charge in [-0.3, -0.25) is 19.5 Å². The molecule has 0 saturated heterocycles. The summed E-state index contributed by atoms with van der Waals surface area (Å²) >= 11 is 7.94. The molecule has 212 valence electrons. The summed E-state index contributed by atoms with van der Waals surface area (Å²) in [6, 6.07) is 20.7. The monoisotopic (exact) mass is 589 g/mol. The largest absolute Gasteiger partial charge is 0.497 e. The molecule has 1 aliphatic heterocycles. The fraction of sp³-hybridized carbons (Fsp3) is 0.290. The number of benzene rings is 2. The summed E-state index contributed by atoms with van der Waals surface area (Å²) in [6.07, 6.45) is 1.68. The minimum atomic E-state index is -0.362. The molecule has 4 aromatic rings. The van der Waals surface area contributed by atoms with E-state index in [4.69, 9.17) is 21.4 Å². The topological polar surface area (TPSA) is 89.3 Å². The van der Waals surface area contributed by atoms with Gasteiger partial charge in [0.15, 0.2) is 0 Å². The normalized spacial score (nSPS) is 15.3. The van der Waals surface area contributed by atoms with Gasteiger partial charge in [0.2, 0.25) is 11.8 Å². The maximum absolute atomic E-state index is 13.8. The van der Waals surface area contributed by atoms with Crippen molar-refractivity contribution >= 4 is 41.0 Å². The SMILES string of the molecule is COc1ccc(-n2nc(C(C)(C)C)c3c2N(CC(=O)NCc2ccccn2)C(=O)CS[C@H]3c2cccc(Cl)c2)cc1. The highest BCUT2D eigenvalue weighted by Crippen LogP contribution is 2.48. The Kier molecular flexibility index (Phi) is 8.37. The maximum Gasteiger partial charge on any atom is 0.240 e. The number of pyridine rings is 1. The number of ether oxygens (including phenoxy) is 1. The molecule has 0 spiro atoms. The number of amides is 2. The molecule has 0 fully saturated rings. The van der Waals surface area contributed by atoms with Crippen molar-refractivity contribution < 1.29 is 14.3 Å². The zero-order valence-corrected chi connectivity index (χ0v) is 25.0. The number of aromatic nitrogens is 3. The molecule has 0 bridgehead atoms. The van der Waals surface area contributed by atoms with Gasteiger partial charge in [-0.2, -0.15) is 5.10 Å². The number of hydrogen-bond acceptors (Lipinski definition) is 6. The highest BCUT2D eigenvalue weighted by molar-refractivity contribution is 8.00. The summed E-state index contributed by atoms with van der Waals surface area (Å²) in [7, 11) is 1.61. The molecule has 0 radical (unpaired) electrons. The lowest BCUT2D eigenvalue weighted by Crippen LogP contribution is -2.42. The van der Waals surface area contributed by atoms with Crippen molar-refractivity contribution in [3.05, 3.63) is 100 Å². The fourth-order valence-corrected chi connectivity index (χ4v) is 6.19. The Morgan fingerprint density at radius 1 is 1.12 bits per heavy atom. The van der Waals surface area contributed by atoms with Gasteiger partial charge in [0.05, 0.1) is 41.7 Å². The van der Waals surface area contributed by atoms with Crippen LogP contribution in [0.15, 0.2) is 72.9 Å². The van der Waals surface area contributed by atoms with Crippen LogP contribution in [0.4, 0.5) is 5.82 Å². The molecule has 2 aromatic heterocycles. The lowest BCUT2D eigenvalue weighted by molar-refractivity contribution is -0.123. The zero-order chi connectivity index (χ0) is 29.1. The second-order valence-electron chi connectivity index (χ2n) is 10.8. The molecule has 8 nitrogen and oxygen atoms in total. The van der Waals surface area contributed by atoms with Gasteiger partial charge in [-0.15, -0.1) is 11.8 Å². The van der Waals surface area contributed by atoms with Gasteiger partial charge in [0.1, 0.15) is 18.1 Å². The van der Waals surface area contributed by atoms with Crippen LogP contribution in [0.2, 0.25) is 5.02 Å². The molecule has 41 heavy (non-hydrogen) atoms. The van der Waals surface area contributed by atoms with Gasteiger partial charge in [-0.25, -0.2) is 4.68 Å². The number of nitrogens with one attached hydrogen (secondary N) is 1. The quantitative estimate of drug-likeness (QED) is 0.297. The lowest BCUT2D eigenvalue weighted by Gasteiger charge is -2.24. The minimum Gasteiger partial charge on any atom is -0.497 e. The van der Waals surface area contributed by atoms with E-state index in [1.54, 1.807) is 22.9 Å². The van der Waals surface area contributed by atoms with E-state index in [1.807, 2.05) is 66.7 Å². The highest BCUT2D eigenvalue weighted by atomic mass is 35.5. The van der Waals surface area contributed by atoms with Crippen LogP contribution in [-0.4, -0.2) is 46.0 Å². The Bertz CT molecular complexity index is 1550. The first kappa shape index (κ1) is 28.7. The molecule has 5 rings (SSSR count). The Hall–Kier alpha value is -3.82. The van der Waals surface area contributed by atoms with Crippen molar-refractivity contribution in [3.63, 3.8) is 0 Å². The first-order chi connectivity index (χ1) is 19.7. The van der Waals surface area contributed by atoms with Crippen molar-refractivity contribution in [2.45, 2.75) is 38.0 Å². The van der Waals surface area contributed by atoms with Gasteiger partial charge >= 0.3 is 0 Å². The maximum atomic E-state index is 13.8. The van der Waals surface area contributed by atoms with Gasteiger partial charge in [-0.05, 0) is 54.1 Å². The predicted molar refractivity (Wildman–Crippen MR) is 163 cm³/mol. The third-order valence-electron chi connectivity index (χ3n) is 6.76. The fourth-order valence-electron chi connectivity index (χ4n) is 4.80. The molecule has 2 amide bonds. The van der Waals surface area contributed by atoms with Crippen LogP contribution in [0, 0.1) is 0 Å². The second kappa shape index (κ2) is 12.0. The molecule has 1 atom stereocenters. The number of nitrogens with zero attached hydrogens (tertiary/aromatic N) is 4. The molecule has 0 saturated carbocycles. The number of carbonyl (C=O) groups excluding carboxylic acids is 2. The van der Waals surface area contributed by atoms with Crippen LogP contribution in [0.25, 0.3) is 5.69 Å². The van der Waals surface area contributed by atoms with Crippen molar-refractivity contribution in [1.29, 1.82) is 0 Å². The van der Waals surface area contributed by atoms with E-state index < -0.39 is 0 Å². The molecule has 0 aliphatic carbocycles. The molecule has 0 unspecified atom stereocenters. The van der Waals surface area contributed by atoms with E-state index in [2.05, 4.69) is 31.1 Å². The molecule has 3 heterocycles. The molecule has 2 aromatic carbocycles. The first-order valence-corrected chi connectivity index (χ1v) is 14.7. The van der Waals surface area contributed by atoms with Gasteiger partial charge in [0.25, 0.3) is 0 Å². The highest BCUT2D eigenvalue weighted by Gasteiger charge is 2.40. The van der Waals surface area contributed by atoms with Crippen molar-refractivity contribution in [1.82, 2.24) is 20.1 Å². The minimum absolute atomic E-state index is 0.160. The third kappa shape index (κ3) is 6.26. The van der Waals surface area contributed by atoms with E-state index >= 15 is 0 Å². The van der Waals surface area contributed by atoms with Crippen molar-refractivity contribution in [2.75, 3.05) is 24.3 Å². The summed E-state index contributed by atoms with van der Waals surface area (Å²) in [4.78, 5) is 32.9. The summed E-state index contributed by atoms with van der Waals surface area (Å²) in [5.41, 5.74) is 3.83. The van der Waals surface area contributed by atoms with E-state index in [0.717, 1.165) is 28.2 Å². The summed E-state index contributed by atoms with van der Waals surface area (Å²) in [5.74, 6) is 1.00. The van der Waals surface area contributed by atoms with Gasteiger partial charge in [0, 0.05) is 22.2 Å². The number of methoxy groups -OCH3 is 1. The standard InChI is InChI=1S/C31H32ClN5O3S/c1-31(2,3)29-27-28(20-8-7-9-21(32)16-20)41-19-26(39)36(18-25(38)34-17-22-10-5-6-15-33-22)30(27)37(35-29)23-11-13-24(40-4)14-12-23/h5-16,28H,17-19H2,1-4H3,(H,34,38)/t28-/m0/s1.